The van der Waals surface area contributed by atoms with Gasteiger partial charge in [-0.3, -0.25) is 5.21 Å². The number of nitrogens with one attached hydrogen (secondary N) is 1. The Bertz CT molecular complexity index is 65.1. The highest BCUT2D eigenvalue weighted by molar-refractivity contribution is 5.56. The third kappa shape index (κ3) is 5.39. The molecule has 0 aromatic carbocycles. The Morgan fingerprint density at radius 1 is 1.62 bits per heavy atom. The van der Waals surface area contributed by atoms with Gasteiger partial charge in [-0.1, -0.05) is 0 Å². The summed E-state index contributed by atoms with van der Waals surface area (Å²) in [6.07, 6.45) is 2.87. The number of hydrogen-bond donors (Lipinski definition) is 3. The van der Waals surface area contributed by atoms with Gasteiger partial charge in [0.25, 0.3) is 0 Å². The fourth-order valence-corrected chi connectivity index (χ4v) is 0.288. The summed E-state index contributed by atoms with van der Waals surface area (Å²) in [6, 6.07) is 0. The third-order valence-corrected chi connectivity index (χ3v) is 0.640. The topological polar surface area (TPSA) is 64.9 Å². The molecule has 0 bridgehead atoms. The molecule has 0 amide bonds. The van der Waals surface area contributed by atoms with E-state index < -0.39 is 0 Å². The standard InChI is InChI=1S/C4H10N2O2/c7-4-2-1-3-5-6-8/h3,6-8H,1-2,4H2. The lowest BCUT2D eigenvalue weighted by Gasteiger charge is -1.85. The SMILES string of the molecule is OCCCC=NNO. The zero-order valence-electron chi connectivity index (χ0n) is 4.54. The average Bonchev–Trinajstić information content (AvgIpc) is 1.81. The fraction of sp³-hybridized carbons (Fsp3) is 0.750. The van der Waals surface area contributed by atoms with Gasteiger partial charge in [0.15, 0.2) is 0 Å². The van der Waals surface area contributed by atoms with Crippen molar-refractivity contribution in [2.24, 2.45) is 5.10 Å². The lowest BCUT2D eigenvalue weighted by atomic mass is 10.3. The maximum atomic E-state index is 8.22. The normalized spacial score (nSPS) is 10.2. The molecule has 0 aliphatic rings. The van der Waals surface area contributed by atoms with E-state index in [1.807, 2.05) is 0 Å². The maximum absolute atomic E-state index is 8.22. The van der Waals surface area contributed by atoms with E-state index in [0.717, 1.165) is 0 Å². The molecule has 4 nitrogen and oxygen atoms in total. The highest BCUT2D eigenvalue weighted by atomic mass is 16.5. The molecule has 0 unspecified atom stereocenters. The van der Waals surface area contributed by atoms with Crippen LogP contribution in [-0.2, 0) is 0 Å². The minimum atomic E-state index is 0.164. The van der Waals surface area contributed by atoms with Crippen molar-refractivity contribution in [1.82, 2.24) is 5.59 Å². The average molecular weight is 118 g/mol. The Labute approximate surface area is 47.8 Å². The predicted octanol–water partition coefficient (Wildman–Crippen LogP) is -0.277. The van der Waals surface area contributed by atoms with Gasteiger partial charge < -0.3 is 5.11 Å². The molecule has 0 spiro atoms. The van der Waals surface area contributed by atoms with Crippen LogP contribution in [0.25, 0.3) is 0 Å². The van der Waals surface area contributed by atoms with Crippen molar-refractivity contribution < 1.29 is 10.3 Å². The van der Waals surface area contributed by atoms with Gasteiger partial charge in [-0.15, -0.1) is 0 Å². The number of hydrogen-bond acceptors (Lipinski definition) is 4. The molecule has 0 atom stereocenters. The van der Waals surface area contributed by atoms with Crippen molar-refractivity contribution >= 4 is 6.21 Å². The summed E-state index contributed by atoms with van der Waals surface area (Å²) >= 11 is 0. The second-order valence-corrected chi connectivity index (χ2v) is 1.28. The molecule has 0 aromatic heterocycles. The van der Waals surface area contributed by atoms with E-state index in [-0.39, 0.29) is 6.61 Å². The van der Waals surface area contributed by atoms with Crippen LogP contribution in [0.1, 0.15) is 12.8 Å². The van der Waals surface area contributed by atoms with Gasteiger partial charge in [-0.2, -0.15) is 10.7 Å². The van der Waals surface area contributed by atoms with Crippen molar-refractivity contribution in [3.05, 3.63) is 0 Å². The van der Waals surface area contributed by atoms with Crippen LogP contribution in [0.3, 0.4) is 0 Å². The number of aliphatic hydroxyl groups excluding tert-OH is 1. The van der Waals surface area contributed by atoms with Crippen molar-refractivity contribution in [2.45, 2.75) is 12.8 Å². The van der Waals surface area contributed by atoms with Crippen molar-refractivity contribution in [1.29, 1.82) is 0 Å². The van der Waals surface area contributed by atoms with E-state index in [2.05, 4.69) is 5.10 Å². The highest BCUT2D eigenvalue weighted by Gasteiger charge is 1.76. The van der Waals surface area contributed by atoms with E-state index in [1.165, 1.54) is 6.21 Å². The number of aliphatic hydroxyl groups is 1. The van der Waals surface area contributed by atoms with E-state index in [4.69, 9.17) is 10.3 Å². The number of unbranched alkanes of at least 4 members (excludes halogenated alkanes) is 1. The smallest absolute Gasteiger partial charge is 0.0434 e. The first-order valence-corrected chi connectivity index (χ1v) is 2.43. The summed E-state index contributed by atoms with van der Waals surface area (Å²) in [5.74, 6) is 0. The lowest BCUT2D eigenvalue weighted by molar-refractivity contribution is 0.172. The molecule has 0 heterocycles. The molecule has 48 valence electrons. The highest BCUT2D eigenvalue weighted by Crippen LogP contribution is 1.79. The lowest BCUT2D eigenvalue weighted by Crippen LogP contribution is -1.95. The molecule has 8 heavy (non-hydrogen) atoms. The van der Waals surface area contributed by atoms with Gasteiger partial charge in [-0.25, -0.2) is 0 Å². The molecule has 0 fully saturated rings. The van der Waals surface area contributed by atoms with Crippen molar-refractivity contribution in [3.8, 4) is 0 Å². The third-order valence-electron chi connectivity index (χ3n) is 0.640. The molecule has 0 saturated heterocycles. The second-order valence-electron chi connectivity index (χ2n) is 1.28. The largest absolute Gasteiger partial charge is 0.396 e. The van der Waals surface area contributed by atoms with E-state index in [1.54, 1.807) is 5.59 Å². The second kappa shape index (κ2) is 6.39. The Morgan fingerprint density at radius 2 is 2.38 bits per heavy atom. The summed E-state index contributed by atoms with van der Waals surface area (Å²) in [7, 11) is 0. The van der Waals surface area contributed by atoms with Gasteiger partial charge in [0.05, 0.1) is 0 Å². The molecule has 0 rings (SSSR count). The molecular formula is C4H10N2O2. The van der Waals surface area contributed by atoms with Crippen LogP contribution in [0.2, 0.25) is 0 Å². The Balaban J connectivity index is 2.80. The van der Waals surface area contributed by atoms with Crippen molar-refractivity contribution in [3.63, 3.8) is 0 Å². The molecule has 0 saturated carbocycles. The van der Waals surface area contributed by atoms with Crippen LogP contribution < -0.4 is 5.59 Å². The Morgan fingerprint density at radius 3 is 2.88 bits per heavy atom. The maximum Gasteiger partial charge on any atom is 0.0434 e. The summed E-state index contributed by atoms with van der Waals surface area (Å²) < 4.78 is 0. The summed E-state index contributed by atoms with van der Waals surface area (Å²) in [4.78, 5) is 0. The van der Waals surface area contributed by atoms with Crippen LogP contribution in [0.4, 0.5) is 0 Å². The van der Waals surface area contributed by atoms with E-state index in [0.29, 0.717) is 12.8 Å². The summed E-state index contributed by atoms with van der Waals surface area (Å²) in [5, 5.41) is 19.4. The first kappa shape index (κ1) is 7.39. The molecule has 0 aliphatic heterocycles. The van der Waals surface area contributed by atoms with Gasteiger partial charge in [0.2, 0.25) is 0 Å². The molecular weight excluding hydrogens is 108 g/mol. The van der Waals surface area contributed by atoms with Crippen LogP contribution >= 0.6 is 0 Å². The molecule has 0 radical (unpaired) electrons. The van der Waals surface area contributed by atoms with E-state index >= 15 is 0 Å². The first-order chi connectivity index (χ1) is 3.91. The molecule has 0 aliphatic carbocycles. The van der Waals surface area contributed by atoms with Crippen LogP contribution in [0.15, 0.2) is 5.10 Å². The zero-order chi connectivity index (χ0) is 6.24. The van der Waals surface area contributed by atoms with Crippen LogP contribution in [0.5, 0.6) is 0 Å². The number of nitrogens with zero attached hydrogens (tertiary/aromatic N) is 1. The minimum Gasteiger partial charge on any atom is -0.396 e. The number of hydrazone groups is 1. The molecule has 4 heteroatoms. The monoisotopic (exact) mass is 118 g/mol. The van der Waals surface area contributed by atoms with Gasteiger partial charge in [-0.05, 0) is 12.8 Å². The summed E-state index contributed by atoms with van der Waals surface area (Å²) in [5.41, 5.74) is 1.61. The quantitative estimate of drug-likeness (QED) is 0.270. The Hall–Kier alpha value is -0.610. The number of rotatable bonds is 4. The predicted molar refractivity (Wildman–Crippen MR) is 29.7 cm³/mol. The van der Waals surface area contributed by atoms with Crippen molar-refractivity contribution in [2.75, 3.05) is 6.61 Å². The van der Waals surface area contributed by atoms with Gasteiger partial charge in [0, 0.05) is 12.8 Å². The molecule has 0 aromatic rings. The van der Waals surface area contributed by atoms with Gasteiger partial charge >= 0.3 is 0 Å². The first-order valence-electron chi connectivity index (χ1n) is 2.43. The van der Waals surface area contributed by atoms with Gasteiger partial charge in [0.1, 0.15) is 0 Å². The fourth-order valence-electron chi connectivity index (χ4n) is 0.288. The summed E-state index contributed by atoms with van der Waals surface area (Å²) in [6.45, 7) is 0.164. The van der Waals surface area contributed by atoms with Crippen LogP contribution in [-0.4, -0.2) is 23.1 Å². The van der Waals surface area contributed by atoms with Crippen LogP contribution in [0, 0.1) is 0 Å². The zero-order valence-corrected chi connectivity index (χ0v) is 4.54. The van der Waals surface area contributed by atoms with E-state index in [9.17, 15) is 0 Å². The molecule has 3 N–H and O–H groups in total. The minimum absolute atomic E-state index is 0.164. The Kier molecular flexibility index (Phi) is 5.90.